The van der Waals surface area contributed by atoms with Crippen LogP contribution in [0, 0.1) is 0 Å². The highest BCUT2D eigenvalue weighted by molar-refractivity contribution is 6.12. The van der Waals surface area contributed by atoms with E-state index in [0.717, 1.165) is 70.7 Å². The van der Waals surface area contributed by atoms with Crippen LogP contribution < -0.4 is 15.5 Å². The van der Waals surface area contributed by atoms with Crippen LogP contribution in [0.3, 0.4) is 0 Å². The van der Waals surface area contributed by atoms with Gasteiger partial charge in [-0.3, -0.25) is 4.98 Å². The van der Waals surface area contributed by atoms with E-state index in [0.29, 0.717) is 0 Å². The Hall–Kier alpha value is -3.97. The van der Waals surface area contributed by atoms with Gasteiger partial charge in [0.15, 0.2) is 0 Å². The molecule has 3 aromatic heterocycles. The summed E-state index contributed by atoms with van der Waals surface area (Å²) in [4.78, 5) is 19.0. The van der Waals surface area contributed by atoms with E-state index in [1.54, 1.807) is 6.33 Å². The number of hydrogen-bond donors (Lipinski definition) is 3. The van der Waals surface area contributed by atoms with Crippen molar-refractivity contribution in [1.29, 1.82) is 0 Å². The van der Waals surface area contributed by atoms with Crippen LogP contribution >= 0.6 is 0 Å². The van der Waals surface area contributed by atoms with Gasteiger partial charge in [0.25, 0.3) is 0 Å². The fraction of sp³-hybridized carbons (Fsp3) is 0.160. The maximum atomic E-state index is 4.57. The first-order valence-electron chi connectivity index (χ1n) is 10.8. The number of rotatable bonds is 4. The number of anilines is 3. The monoisotopic (exact) mass is 421 g/mol. The molecule has 0 radical (unpaired) electrons. The predicted octanol–water partition coefficient (Wildman–Crippen LogP) is 4.33. The second-order valence-electron chi connectivity index (χ2n) is 7.98. The molecule has 32 heavy (non-hydrogen) atoms. The number of aromatic nitrogens is 4. The lowest BCUT2D eigenvalue weighted by Gasteiger charge is -2.29. The van der Waals surface area contributed by atoms with Crippen LogP contribution in [0.1, 0.15) is 0 Å². The third-order valence-corrected chi connectivity index (χ3v) is 6.02. The van der Waals surface area contributed by atoms with Gasteiger partial charge in [0.1, 0.15) is 17.8 Å². The van der Waals surface area contributed by atoms with Gasteiger partial charge in [-0.25, -0.2) is 9.97 Å². The summed E-state index contributed by atoms with van der Waals surface area (Å²) in [6.07, 6.45) is 5.22. The van der Waals surface area contributed by atoms with E-state index in [4.69, 9.17) is 0 Å². The summed E-state index contributed by atoms with van der Waals surface area (Å²) in [6, 6.07) is 19.0. The first-order valence-corrected chi connectivity index (χ1v) is 10.8. The third kappa shape index (κ3) is 3.42. The van der Waals surface area contributed by atoms with E-state index in [-0.39, 0.29) is 0 Å². The molecule has 6 rings (SSSR count). The number of fused-ring (bicyclic) bond motifs is 3. The molecule has 3 N–H and O–H groups in total. The summed E-state index contributed by atoms with van der Waals surface area (Å²) in [5, 5.41) is 8.98. The van der Waals surface area contributed by atoms with Crippen LogP contribution in [0.5, 0.6) is 0 Å². The van der Waals surface area contributed by atoms with Crippen LogP contribution in [0.2, 0.25) is 0 Å². The number of hydrogen-bond acceptors (Lipinski definition) is 6. The second-order valence-corrected chi connectivity index (χ2v) is 7.98. The molecule has 0 aliphatic carbocycles. The average molecular weight is 422 g/mol. The third-order valence-electron chi connectivity index (χ3n) is 6.02. The number of H-pyrrole nitrogens is 1. The topological polar surface area (TPSA) is 81.8 Å². The van der Waals surface area contributed by atoms with Crippen LogP contribution in [0.25, 0.3) is 33.1 Å². The zero-order valence-electron chi connectivity index (χ0n) is 17.5. The van der Waals surface area contributed by atoms with Gasteiger partial charge in [0.2, 0.25) is 0 Å². The van der Waals surface area contributed by atoms with Crippen molar-refractivity contribution in [1.82, 2.24) is 25.3 Å². The Morgan fingerprint density at radius 2 is 1.66 bits per heavy atom. The first kappa shape index (κ1) is 18.8. The summed E-state index contributed by atoms with van der Waals surface area (Å²) in [7, 11) is 0. The second kappa shape index (κ2) is 7.94. The molecular formula is C25H23N7. The van der Waals surface area contributed by atoms with Crippen molar-refractivity contribution in [2.24, 2.45) is 0 Å². The van der Waals surface area contributed by atoms with Gasteiger partial charge in [-0.1, -0.05) is 6.07 Å². The van der Waals surface area contributed by atoms with Gasteiger partial charge in [-0.2, -0.15) is 0 Å². The number of nitrogens with one attached hydrogen (secondary N) is 3. The maximum absolute atomic E-state index is 4.57. The minimum Gasteiger partial charge on any atom is -0.369 e. The fourth-order valence-corrected chi connectivity index (χ4v) is 4.36. The molecule has 0 atom stereocenters. The standard InChI is InChI=1S/C25H23N7/c1-6-22-21(15-18(1)17-7-9-26-10-8-17)23-24(28-16-29-25(23)31-22)30-19-2-4-20(5-3-19)32-13-11-27-12-14-32/h1-10,15-16,27H,11-14H2,(H2,28,29,30,31). The van der Waals surface area contributed by atoms with Crippen LogP contribution in [-0.4, -0.2) is 46.1 Å². The van der Waals surface area contributed by atoms with E-state index in [1.165, 1.54) is 5.69 Å². The summed E-state index contributed by atoms with van der Waals surface area (Å²) >= 11 is 0. The highest BCUT2D eigenvalue weighted by Crippen LogP contribution is 2.33. The lowest BCUT2D eigenvalue weighted by atomic mass is 10.0. The van der Waals surface area contributed by atoms with E-state index >= 15 is 0 Å². The Balaban J connectivity index is 1.37. The van der Waals surface area contributed by atoms with Crippen LogP contribution in [-0.2, 0) is 0 Å². The lowest BCUT2D eigenvalue weighted by Crippen LogP contribution is -2.43. The molecule has 1 saturated heterocycles. The molecule has 4 heterocycles. The summed E-state index contributed by atoms with van der Waals surface area (Å²) in [6.45, 7) is 4.13. The van der Waals surface area contributed by atoms with Crippen molar-refractivity contribution < 1.29 is 0 Å². The molecule has 2 aromatic carbocycles. The molecule has 0 unspecified atom stereocenters. The molecule has 0 bridgehead atoms. The minimum atomic E-state index is 0.794. The highest BCUT2D eigenvalue weighted by Gasteiger charge is 2.14. The summed E-state index contributed by atoms with van der Waals surface area (Å²) in [5.41, 5.74) is 6.38. The van der Waals surface area contributed by atoms with Gasteiger partial charge in [-0.15, -0.1) is 0 Å². The fourth-order valence-electron chi connectivity index (χ4n) is 4.36. The van der Waals surface area contributed by atoms with Gasteiger partial charge < -0.3 is 20.5 Å². The van der Waals surface area contributed by atoms with Gasteiger partial charge >= 0.3 is 0 Å². The SMILES string of the molecule is c1cc(-c2ccc3[nH]c4ncnc(Nc5ccc(N6CCNCC6)cc5)c4c3c2)ccn1. The van der Waals surface area contributed by atoms with Crippen molar-refractivity contribution in [3.8, 4) is 11.1 Å². The Bertz CT molecular complexity index is 1370. The zero-order valence-corrected chi connectivity index (χ0v) is 17.5. The smallest absolute Gasteiger partial charge is 0.143 e. The quantitative estimate of drug-likeness (QED) is 0.401. The summed E-state index contributed by atoms with van der Waals surface area (Å²) < 4.78 is 0. The Morgan fingerprint density at radius 3 is 2.47 bits per heavy atom. The van der Waals surface area contributed by atoms with E-state index < -0.39 is 0 Å². The average Bonchev–Trinajstić information content (AvgIpc) is 3.24. The number of piperazine rings is 1. The van der Waals surface area contributed by atoms with Crippen molar-refractivity contribution in [2.75, 3.05) is 36.4 Å². The molecule has 0 amide bonds. The molecule has 158 valence electrons. The number of pyridine rings is 1. The van der Waals surface area contributed by atoms with Gasteiger partial charge in [-0.05, 0) is 59.7 Å². The predicted molar refractivity (Wildman–Crippen MR) is 129 cm³/mol. The van der Waals surface area contributed by atoms with Crippen molar-refractivity contribution >= 4 is 39.1 Å². The summed E-state index contributed by atoms with van der Waals surface area (Å²) in [5.74, 6) is 0.794. The molecule has 1 fully saturated rings. The lowest BCUT2D eigenvalue weighted by molar-refractivity contribution is 0.589. The molecule has 0 spiro atoms. The Labute approximate surface area is 185 Å². The number of aromatic amines is 1. The largest absolute Gasteiger partial charge is 0.369 e. The molecule has 5 aromatic rings. The van der Waals surface area contributed by atoms with Crippen molar-refractivity contribution in [2.45, 2.75) is 0 Å². The van der Waals surface area contributed by atoms with Crippen molar-refractivity contribution in [3.05, 3.63) is 73.3 Å². The highest BCUT2D eigenvalue weighted by atomic mass is 15.2. The Morgan fingerprint density at radius 1 is 0.844 bits per heavy atom. The maximum Gasteiger partial charge on any atom is 0.143 e. The molecule has 7 heteroatoms. The number of benzene rings is 2. The first-order chi connectivity index (χ1) is 15.8. The van der Waals surface area contributed by atoms with E-state index in [9.17, 15) is 0 Å². The van der Waals surface area contributed by atoms with Crippen LogP contribution in [0.15, 0.2) is 73.3 Å². The normalized spacial score (nSPS) is 14.2. The number of nitrogens with zero attached hydrogens (tertiary/aromatic N) is 4. The zero-order chi connectivity index (χ0) is 21.3. The van der Waals surface area contributed by atoms with E-state index in [1.807, 2.05) is 24.5 Å². The Kier molecular flexibility index (Phi) is 4.66. The minimum absolute atomic E-state index is 0.794. The molecule has 0 saturated carbocycles. The molecule has 1 aliphatic heterocycles. The van der Waals surface area contributed by atoms with Gasteiger partial charge in [0.05, 0.1) is 5.39 Å². The van der Waals surface area contributed by atoms with Gasteiger partial charge in [0, 0.05) is 60.9 Å². The molecule has 7 nitrogen and oxygen atoms in total. The van der Waals surface area contributed by atoms with E-state index in [2.05, 4.69) is 77.9 Å². The molecule has 1 aliphatic rings. The van der Waals surface area contributed by atoms with Crippen molar-refractivity contribution in [3.63, 3.8) is 0 Å². The van der Waals surface area contributed by atoms with Crippen LogP contribution in [0.4, 0.5) is 17.2 Å². The molecular weight excluding hydrogens is 398 g/mol.